The van der Waals surface area contributed by atoms with E-state index in [0.717, 1.165) is 16.9 Å². The summed E-state index contributed by atoms with van der Waals surface area (Å²) in [5.74, 6) is -0.603. The molecule has 116 valence electrons. The maximum absolute atomic E-state index is 11.8. The molecule has 0 unspecified atom stereocenters. The first-order chi connectivity index (χ1) is 11.1. The second-order valence-corrected chi connectivity index (χ2v) is 5.24. The third-order valence-corrected chi connectivity index (χ3v) is 2.97. The Hall–Kier alpha value is -3.06. The van der Waals surface area contributed by atoms with Crippen molar-refractivity contribution < 1.29 is 9.53 Å². The average Bonchev–Trinajstić information content (AvgIpc) is 2.54. The Bertz CT molecular complexity index is 726. The van der Waals surface area contributed by atoms with Crippen LogP contribution in [-0.4, -0.2) is 12.1 Å². The second-order valence-electron chi connectivity index (χ2n) is 5.24. The standard InChI is InChI=1S/C19H18N2O2/c1-14(2)23-19(22)16(13-20)12-15-8-10-18(11-9-15)21-17-6-4-3-5-7-17/h3-12,14,21H,1-2H3/b16-12+. The lowest BCUT2D eigenvalue weighted by molar-refractivity contribution is -0.142. The van der Waals surface area contributed by atoms with Gasteiger partial charge in [-0.2, -0.15) is 5.26 Å². The van der Waals surface area contributed by atoms with Crippen LogP contribution < -0.4 is 5.32 Å². The number of ether oxygens (including phenoxy) is 1. The lowest BCUT2D eigenvalue weighted by atomic mass is 10.1. The molecule has 0 bridgehead atoms. The molecule has 0 aromatic heterocycles. The van der Waals surface area contributed by atoms with Crippen LogP contribution in [0.2, 0.25) is 0 Å². The lowest BCUT2D eigenvalue weighted by Gasteiger charge is -2.07. The molecule has 0 aliphatic heterocycles. The summed E-state index contributed by atoms with van der Waals surface area (Å²) >= 11 is 0. The van der Waals surface area contributed by atoms with Gasteiger partial charge in [-0.05, 0) is 49.8 Å². The molecule has 0 heterocycles. The van der Waals surface area contributed by atoms with Crippen LogP contribution in [0.15, 0.2) is 60.2 Å². The van der Waals surface area contributed by atoms with Gasteiger partial charge in [-0.3, -0.25) is 0 Å². The number of carbonyl (C=O) groups excluding carboxylic acids is 1. The quantitative estimate of drug-likeness (QED) is 0.508. The number of hydrogen-bond acceptors (Lipinski definition) is 4. The fraction of sp³-hybridized carbons (Fsp3) is 0.158. The molecule has 0 amide bonds. The maximum Gasteiger partial charge on any atom is 0.349 e. The molecule has 1 N–H and O–H groups in total. The number of benzene rings is 2. The van der Waals surface area contributed by atoms with Gasteiger partial charge in [0.1, 0.15) is 11.6 Å². The van der Waals surface area contributed by atoms with Crippen molar-refractivity contribution >= 4 is 23.4 Å². The molecule has 0 radical (unpaired) electrons. The molecule has 0 saturated heterocycles. The molecule has 4 heteroatoms. The molecule has 0 aliphatic rings. The van der Waals surface area contributed by atoms with E-state index in [1.807, 2.05) is 60.7 Å². The minimum Gasteiger partial charge on any atom is -0.459 e. The van der Waals surface area contributed by atoms with Crippen molar-refractivity contribution in [2.24, 2.45) is 0 Å². The third kappa shape index (κ3) is 5.01. The Morgan fingerprint density at radius 3 is 2.26 bits per heavy atom. The van der Waals surface area contributed by atoms with Crippen molar-refractivity contribution in [1.29, 1.82) is 5.26 Å². The number of rotatable bonds is 5. The molecular formula is C19H18N2O2. The fourth-order valence-electron chi connectivity index (χ4n) is 1.93. The Labute approximate surface area is 136 Å². The fourth-order valence-corrected chi connectivity index (χ4v) is 1.93. The number of nitriles is 1. The number of nitrogens with one attached hydrogen (secondary N) is 1. The predicted octanol–water partition coefficient (Wildman–Crippen LogP) is 4.29. The van der Waals surface area contributed by atoms with Crippen LogP contribution in [0.4, 0.5) is 11.4 Å². The Morgan fingerprint density at radius 2 is 1.70 bits per heavy atom. The first-order valence-electron chi connectivity index (χ1n) is 7.33. The zero-order chi connectivity index (χ0) is 16.7. The van der Waals surface area contributed by atoms with Crippen LogP contribution in [0.3, 0.4) is 0 Å². The van der Waals surface area contributed by atoms with E-state index < -0.39 is 5.97 Å². The van der Waals surface area contributed by atoms with Gasteiger partial charge in [-0.1, -0.05) is 30.3 Å². The molecule has 0 saturated carbocycles. The molecule has 2 aromatic carbocycles. The number of anilines is 2. The van der Waals surface area contributed by atoms with Gasteiger partial charge in [0.25, 0.3) is 0 Å². The first kappa shape index (κ1) is 16.3. The highest BCUT2D eigenvalue weighted by Gasteiger charge is 2.12. The zero-order valence-corrected chi connectivity index (χ0v) is 13.1. The molecule has 4 nitrogen and oxygen atoms in total. The first-order valence-corrected chi connectivity index (χ1v) is 7.33. The summed E-state index contributed by atoms with van der Waals surface area (Å²) in [5.41, 5.74) is 2.67. The average molecular weight is 306 g/mol. The van der Waals surface area contributed by atoms with E-state index >= 15 is 0 Å². The van der Waals surface area contributed by atoms with Crippen LogP contribution in [0.1, 0.15) is 19.4 Å². The summed E-state index contributed by atoms with van der Waals surface area (Å²) in [7, 11) is 0. The van der Waals surface area contributed by atoms with Gasteiger partial charge in [0.15, 0.2) is 0 Å². The van der Waals surface area contributed by atoms with Crippen molar-refractivity contribution in [2.75, 3.05) is 5.32 Å². The molecule has 2 rings (SSSR count). The monoisotopic (exact) mass is 306 g/mol. The van der Waals surface area contributed by atoms with Crippen molar-refractivity contribution in [2.45, 2.75) is 20.0 Å². The van der Waals surface area contributed by atoms with Crippen LogP contribution in [0, 0.1) is 11.3 Å². The summed E-state index contributed by atoms with van der Waals surface area (Å²) in [6, 6.07) is 19.2. The van der Waals surface area contributed by atoms with E-state index in [2.05, 4.69) is 5.32 Å². The van der Waals surface area contributed by atoms with E-state index in [-0.39, 0.29) is 11.7 Å². The topological polar surface area (TPSA) is 62.1 Å². The van der Waals surface area contributed by atoms with Crippen molar-refractivity contribution in [1.82, 2.24) is 0 Å². The third-order valence-electron chi connectivity index (χ3n) is 2.97. The lowest BCUT2D eigenvalue weighted by Crippen LogP contribution is -2.12. The number of hydrogen-bond donors (Lipinski definition) is 1. The minimum atomic E-state index is -0.603. The zero-order valence-electron chi connectivity index (χ0n) is 13.1. The van der Waals surface area contributed by atoms with Crippen LogP contribution in [-0.2, 0) is 9.53 Å². The van der Waals surface area contributed by atoms with Gasteiger partial charge >= 0.3 is 5.97 Å². The normalized spacial score (nSPS) is 11.0. The number of carbonyl (C=O) groups is 1. The Morgan fingerprint density at radius 1 is 1.09 bits per heavy atom. The molecule has 0 spiro atoms. The van der Waals surface area contributed by atoms with Crippen molar-refractivity contribution in [3.63, 3.8) is 0 Å². The number of nitrogens with zero attached hydrogens (tertiary/aromatic N) is 1. The molecule has 0 fully saturated rings. The summed E-state index contributed by atoms with van der Waals surface area (Å²) in [4.78, 5) is 11.8. The van der Waals surface area contributed by atoms with E-state index in [4.69, 9.17) is 10.00 Å². The molecule has 0 atom stereocenters. The van der Waals surface area contributed by atoms with E-state index in [0.29, 0.717) is 0 Å². The molecule has 0 aliphatic carbocycles. The molecule has 2 aromatic rings. The van der Waals surface area contributed by atoms with Gasteiger partial charge in [-0.25, -0.2) is 4.79 Å². The smallest absolute Gasteiger partial charge is 0.349 e. The van der Waals surface area contributed by atoms with Crippen molar-refractivity contribution in [3.8, 4) is 6.07 Å². The van der Waals surface area contributed by atoms with Gasteiger partial charge < -0.3 is 10.1 Å². The van der Waals surface area contributed by atoms with Crippen LogP contribution in [0.25, 0.3) is 6.08 Å². The maximum atomic E-state index is 11.8. The van der Waals surface area contributed by atoms with E-state index in [9.17, 15) is 4.79 Å². The summed E-state index contributed by atoms with van der Waals surface area (Å²) in [6.07, 6.45) is 1.27. The Kier molecular flexibility index (Phi) is 5.54. The number of esters is 1. The highest BCUT2D eigenvalue weighted by atomic mass is 16.5. The van der Waals surface area contributed by atoms with Crippen LogP contribution in [0.5, 0.6) is 0 Å². The van der Waals surface area contributed by atoms with Gasteiger partial charge in [0.05, 0.1) is 6.10 Å². The summed E-state index contributed by atoms with van der Waals surface area (Å²) < 4.78 is 5.04. The van der Waals surface area contributed by atoms with E-state index in [1.165, 1.54) is 6.08 Å². The SMILES string of the molecule is CC(C)OC(=O)/C(C#N)=C/c1ccc(Nc2ccccc2)cc1. The second kappa shape index (κ2) is 7.81. The van der Waals surface area contributed by atoms with Crippen molar-refractivity contribution in [3.05, 3.63) is 65.7 Å². The van der Waals surface area contributed by atoms with Gasteiger partial charge in [-0.15, -0.1) is 0 Å². The van der Waals surface area contributed by atoms with Gasteiger partial charge in [0.2, 0.25) is 0 Å². The summed E-state index contributed by atoms with van der Waals surface area (Å²) in [5, 5.41) is 12.4. The molecule has 23 heavy (non-hydrogen) atoms. The highest BCUT2D eigenvalue weighted by molar-refractivity contribution is 5.98. The summed E-state index contributed by atoms with van der Waals surface area (Å²) in [6.45, 7) is 3.49. The number of para-hydroxylation sites is 1. The minimum absolute atomic E-state index is 0.0116. The van der Waals surface area contributed by atoms with Gasteiger partial charge in [0, 0.05) is 11.4 Å². The largest absolute Gasteiger partial charge is 0.459 e. The Balaban J connectivity index is 2.11. The van der Waals surface area contributed by atoms with E-state index in [1.54, 1.807) is 13.8 Å². The molecular weight excluding hydrogens is 288 g/mol. The van der Waals surface area contributed by atoms with Crippen LogP contribution >= 0.6 is 0 Å². The highest BCUT2D eigenvalue weighted by Crippen LogP contribution is 2.18. The predicted molar refractivity (Wildman–Crippen MR) is 91.0 cm³/mol.